The SMILES string of the molecule is CCC1CCN(C(N)=NCC(C)C)C1. The van der Waals surface area contributed by atoms with Gasteiger partial charge in [-0.15, -0.1) is 0 Å². The molecule has 1 atom stereocenters. The molecule has 1 heterocycles. The standard InChI is InChI=1S/C11H23N3/c1-4-10-5-6-14(8-10)11(12)13-7-9(2)3/h9-10H,4-8H2,1-3H3,(H2,12,13). The minimum absolute atomic E-state index is 0.595. The Morgan fingerprint density at radius 3 is 2.79 bits per heavy atom. The fourth-order valence-corrected chi connectivity index (χ4v) is 1.75. The highest BCUT2D eigenvalue weighted by Crippen LogP contribution is 2.18. The van der Waals surface area contributed by atoms with E-state index in [1.807, 2.05) is 0 Å². The second-order valence-corrected chi connectivity index (χ2v) is 4.60. The second kappa shape index (κ2) is 5.23. The maximum Gasteiger partial charge on any atom is 0.191 e. The molecule has 1 aliphatic heterocycles. The molecule has 1 rings (SSSR count). The predicted molar refractivity (Wildman–Crippen MR) is 61.3 cm³/mol. The van der Waals surface area contributed by atoms with Gasteiger partial charge < -0.3 is 10.6 Å². The van der Waals surface area contributed by atoms with Crippen molar-refractivity contribution in [1.29, 1.82) is 0 Å². The van der Waals surface area contributed by atoms with Crippen LogP contribution in [0.15, 0.2) is 4.99 Å². The molecule has 1 unspecified atom stereocenters. The third-order valence-electron chi connectivity index (χ3n) is 2.81. The van der Waals surface area contributed by atoms with Crippen LogP contribution in [0.3, 0.4) is 0 Å². The van der Waals surface area contributed by atoms with Gasteiger partial charge in [0.25, 0.3) is 0 Å². The summed E-state index contributed by atoms with van der Waals surface area (Å²) in [6, 6.07) is 0. The largest absolute Gasteiger partial charge is 0.370 e. The van der Waals surface area contributed by atoms with E-state index in [0.717, 1.165) is 31.5 Å². The zero-order valence-corrected chi connectivity index (χ0v) is 9.66. The maximum absolute atomic E-state index is 5.92. The fourth-order valence-electron chi connectivity index (χ4n) is 1.75. The smallest absolute Gasteiger partial charge is 0.191 e. The van der Waals surface area contributed by atoms with Crippen molar-refractivity contribution in [3.63, 3.8) is 0 Å². The van der Waals surface area contributed by atoms with Gasteiger partial charge in [0, 0.05) is 19.6 Å². The molecule has 0 aromatic carbocycles. The Balaban J connectivity index is 2.38. The van der Waals surface area contributed by atoms with Crippen LogP contribution in [-0.2, 0) is 0 Å². The molecule has 0 aliphatic carbocycles. The van der Waals surface area contributed by atoms with Crippen LogP contribution < -0.4 is 5.73 Å². The summed E-state index contributed by atoms with van der Waals surface area (Å²) in [5.41, 5.74) is 5.92. The molecular formula is C11H23N3. The average molecular weight is 197 g/mol. The average Bonchev–Trinajstić information content (AvgIpc) is 2.62. The molecule has 0 aromatic rings. The fraction of sp³-hybridized carbons (Fsp3) is 0.909. The monoisotopic (exact) mass is 197 g/mol. The van der Waals surface area contributed by atoms with Gasteiger partial charge in [-0.2, -0.15) is 0 Å². The van der Waals surface area contributed by atoms with Gasteiger partial charge in [-0.3, -0.25) is 4.99 Å². The molecule has 14 heavy (non-hydrogen) atoms. The first kappa shape index (κ1) is 11.3. The van der Waals surface area contributed by atoms with Crippen molar-refractivity contribution in [2.45, 2.75) is 33.6 Å². The van der Waals surface area contributed by atoms with Crippen LogP contribution in [0.4, 0.5) is 0 Å². The summed E-state index contributed by atoms with van der Waals surface area (Å²) in [5.74, 6) is 2.16. The van der Waals surface area contributed by atoms with Crippen LogP contribution in [0.1, 0.15) is 33.6 Å². The van der Waals surface area contributed by atoms with Gasteiger partial charge in [0.15, 0.2) is 5.96 Å². The molecule has 1 fully saturated rings. The zero-order chi connectivity index (χ0) is 10.6. The molecule has 0 aromatic heterocycles. The van der Waals surface area contributed by atoms with E-state index in [2.05, 4.69) is 30.7 Å². The van der Waals surface area contributed by atoms with E-state index >= 15 is 0 Å². The van der Waals surface area contributed by atoms with E-state index in [4.69, 9.17) is 5.73 Å². The molecule has 1 saturated heterocycles. The summed E-state index contributed by atoms with van der Waals surface area (Å²) in [7, 11) is 0. The minimum Gasteiger partial charge on any atom is -0.370 e. The van der Waals surface area contributed by atoms with Crippen molar-refractivity contribution in [2.75, 3.05) is 19.6 Å². The van der Waals surface area contributed by atoms with Gasteiger partial charge in [0.1, 0.15) is 0 Å². The Hall–Kier alpha value is -0.730. The molecule has 82 valence electrons. The van der Waals surface area contributed by atoms with Crippen LogP contribution in [0.5, 0.6) is 0 Å². The number of aliphatic imine (C=N–C) groups is 1. The Bertz CT molecular complexity index is 199. The minimum atomic E-state index is 0.595. The molecular weight excluding hydrogens is 174 g/mol. The number of guanidine groups is 1. The van der Waals surface area contributed by atoms with E-state index in [1.54, 1.807) is 0 Å². The number of nitrogens with two attached hydrogens (primary N) is 1. The first-order valence-electron chi connectivity index (χ1n) is 5.68. The highest BCUT2D eigenvalue weighted by atomic mass is 15.3. The number of rotatable bonds is 3. The Kier molecular flexibility index (Phi) is 4.23. The highest BCUT2D eigenvalue weighted by Gasteiger charge is 2.21. The van der Waals surface area contributed by atoms with Crippen molar-refractivity contribution < 1.29 is 0 Å². The third-order valence-corrected chi connectivity index (χ3v) is 2.81. The quantitative estimate of drug-likeness (QED) is 0.552. The van der Waals surface area contributed by atoms with E-state index in [-0.39, 0.29) is 0 Å². The number of nitrogens with zero attached hydrogens (tertiary/aromatic N) is 2. The van der Waals surface area contributed by atoms with Crippen LogP contribution in [0, 0.1) is 11.8 Å². The van der Waals surface area contributed by atoms with E-state index in [0.29, 0.717) is 5.92 Å². The van der Waals surface area contributed by atoms with Crippen LogP contribution in [-0.4, -0.2) is 30.5 Å². The molecule has 0 spiro atoms. The number of hydrogen-bond donors (Lipinski definition) is 1. The van der Waals surface area contributed by atoms with Gasteiger partial charge in [-0.25, -0.2) is 0 Å². The van der Waals surface area contributed by atoms with Gasteiger partial charge in [-0.1, -0.05) is 27.2 Å². The van der Waals surface area contributed by atoms with Crippen molar-refractivity contribution in [1.82, 2.24) is 4.90 Å². The topological polar surface area (TPSA) is 41.6 Å². The second-order valence-electron chi connectivity index (χ2n) is 4.60. The molecule has 3 heteroatoms. The van der Waals surface area contributed by atoms with E-state index < -0.39 is 0 Å². The van der Waals surface area contributed by atoms with Crippen LogP contribution in [0.2, 0.25) is 0 Å². The summed E-state index contributed by atoms with van der Waals surface area (Å²) in [6.07, 6.45) is 2.53. The van der Waals surface area contributed by atoms with Gasteiger partial charge in [-0.05, 0) is 18.3 Å². The lowest BCUT2D eigenvalue weighted by atomic mass is 10.1. The zero-order valence-electron chi connectivity index (χ0n) is 9.66. The van der Waals surface area contributed by atoms with Crippen LogP contribution >= 0.6 is 0 Å². The van der Waals surface area contributed by atoms with Gasteiger partial charge >= 0.3 is 0 Å². The molecule has 0 bridgehead atoms. The molecule has 1 aliphatic rings. The Morgan fingerprint density at radius 1 is 1.57 bits per heavy atom. The summed E-state index contributed by atoms with van der Waals surface area (Å²) in [6.45, 7) is 9.61. The van der Waals surface area contributed by atoms with Crippen LogP contribution in [0.25, 0.3) is 0 Å². The molecule has 0 saturated carbocycles. The first-order chi connectivity index (χ1) is 6.63. The van der Waals surface area contributed by atoms with E-state index in [1.165, 1.54) is 12.8 Å². The van der Waals surface area contributed by atoms with Gasteiger partial charge in [0.05, 0.1) is 0 Å². The summed E-state index contributed by atoms with van der Waals surface area (Å²) in [5, 5.41) is 0. The molecule has 2 N–H and O–H groups in total. The van der Waals surface area contributed by atoms with Crippen molar-refractivity contribution in [2.24, 2.45) is 22.6 Å². The summed E-state index contributed by atoms with van der Waals surface area (Å²) < 4.78 is 0. The lowest BCUT2D eigenvalue weighted by Crippen LogP contribution is -2.35. The first-order valence-corrected chi connectivity index (χ1v) is 5.68. The lowest BCUT2D eigenvalue weighted by molar-refractivity contribution is 0.464. The van der Waals surface area contributed by atoms with Crippen molar-refractivity contribution in [3.8, 4) is 0 Å². The van der Waals surface area contributed by atoms with Crippen molar-refractivity contribution >= 4 is 5.96 Å². The number of hydrogen-bond acceptors (Lipinski definition) is 1. The predicted octanol–water partition coefficient (Wildman–Crippen LogP) is 1.69. The maximum atomic E-state index is 5.92. The molecule has 3 nitrogen and oxygen atoms in total. The molecule has 0 radical (unpaired) electrons. The third kappa shape index (κ3) is 3.20. The Labute approximate surface area is 87.4 Å². The summed E-state index contributed by atoms with van der Waals surface area (Å²) >= 11 is 0. The Morgan fingerprint density at radius 2 is 2.29 bits per heavy atom. The number of likely N-dealkylation sites (tertiary alicyclic amines) is 1. The summed E-state index contributed by atoms with van der Waals surface area (Å²) in [4.78, 5) is 6.61. The normalized spacial score (nSPS) is 23.6. The van der Waals surface area contributed by atoms with Crippen molar-refractivity contribution in [3.05, 3.63) is 0 Å². The highest BCUT2D eigenvalue weighted by molar-refractivity contribution is 5.78. The lowest BCUT2D eigenvalue weighted by Gasteiger charge is -2.17. The van der Waals surface area contributed by atoms with E-state index in [9.17, 15) is 0 Å². The van der Waals surface area contributed by atoms with Gasteiger partial charge in [0.2, 0.25) is 0 Å². The molecule has 0 amide bonds.